The Morgan fingerprint density at radius 3 is 2.65 bits per heavy atom. The van der Waals surface area contributed by atoms with Gasteiger partial charge in [-0.15, -0.1) is 0 Å². The van der Waals surface area contributed by atoms with Crippen molar-refractivity contribution >= 4 is 11.8 Å². The van der Waals surface area contributed by atoms with Gasteiger partial charge in [-0.3, -0.25) is 10.00 Å². The molecule has 0 atom stereocenters. The second kappa shape index (κ2) is 10.6. The van der Waals surface area contributed by atoms with Gasteiger partial charge in [-0.2, -0.15) is 5.10 Å². The first-order valence-corrected chi connectivity index (χ1v) is 10.4. The number of rotatable bonds is 9. The van der Waals surface area contributed by atoms with Crippen molar-refractivity contribution in [3.05, 3.63) is 78.1 Å². The third kappa shape index (κ3) is 8.14. The highest BCUT2D eigenvalue weighted by atomic mass is 16.6. The van der Waals surface area contributed by atoms with Gasteiger partial charge in [-0.1, -0.05) is 36.4 Å². The van der Waals surface area contributed by atoms with Crippen molar-refractivity contribution in [2.45, 2.75) is 39.5 Å². The van der Waals surface area contributed by atoms with E-state index in [2.05, 4.69) is 27.9 Å². The molecule has 0 bridgehead atoms. The highest BCUT2D eigenvalue weighted by Gasteiger charge is 2.16. The molecule has 164 valence electrons. The Bertz CT molecular complexity index is 964. The maximum Gasteiger partial charge on any atom is 0.412 e. The van der Waals surface area contributed by atoms with Crippen LogP contribution < -0.4 is 15.4 Å². The highest BCUT2D eigenvalue weighted by molar-refractivity contribution is 5.85. The summed E-state index contributed by atoms with van der Waals surface area (Å²) in [5.74, 6) is 0.686. The van der Waals surface area contributed by atoms with Crippen molar-refractivity contribution in [1.82, 2.24) is 15.1 Å². The van der Waals surface area contributed by atoms with Gasteiger partial charge in [0.05, 0.1) is 12.7 Å². The molecule has 31 heavy (non-hydrogen) atoms. The van der Waals surface area contributed by atoms with Gasteiger partial charge in [0.1, 0.15) is 18.0 Å². The first kappa shape index (κ1) is 22.4. The molecule has 1 heterocycles. The molecule has 7 nitrogen and oxygen atoms in total. The number of carbonyl (C=O) groups is 1. The van der Waals surface area contributed by atoms with E-state index in [1.807, 2.05) is 68.2 Å². The lowest BCUT2D eigenvalue weighted by Gasteiger charge is -2.19. The summed E-state index contributed by atoms with van der Waals surface area (Å²) >= 11 is 0. The van der Waals surface area contributed by atoms with Gasteiger partial charge in [0, 0.05) is 36.6 Å². The van der Waals surface area contributed by atoms with E-state index >= 15 is 0 Å². The maximum absolute atomic E-state index is 11.9. The van der Waals surface area contributed by atoms with Gasteiger partial charge in [0.15, 0.2) is 0 Å². The minimum absolute atomic E-state index is 0.487. The Morgan fingerprint density at radius 2 is 1.87 bits per heavy atom. The molecular formula is C24H30N4O3. The zero-order valence-electron chi connectivity index (χ0n) is 18.3. The van der Waals surface area contributed by atoms with Gasteiger partial charge >= 0.3 is 6.09 Å². The van der Waals surface area contributed by atoms with Gasteiger partial charge in [0.25, 0.3) is 0 Å². The van der Waals surface area contributed by atoms with Crippen molar-refractivity contribution in [3.8, 4) is 5.75 Å². The van der Waals surface area contributed by atoms with Crippen molar-refractivity contribution in [2.75, 3.05) is 18.5 Å². The van der Waals surface area contributed by atoms with E-state index in [0.29, 0.717) is 24.6 Å². The molecule has 1 amide bonds. The third-order valence-electron chi connectivity index (χ3n) is 4.23. The smallest absolute Gasteiger partial charge is 0.412 e. The molecule has 0 unspecified atom stereocenters. The van der Waals surface area contributed by atoms with Crippen LogP contribution in [-0.4, -0.2) is 34.6 Å². The number of ether oxygens (including phenoxy) is 2. The Labute approximate surface area is 183 Å². The van der Waals surface area contributed by atoms with Gasteiger partial charge in [-0.05, 0) is 38.5 Å². The van der Waals surface area contributed by atoms with E-state index in [9.17, 15) is 4.79 Å². The van der Waals surface area contributed by atoms with E-state index in [4.69, 9.17) is 9.47 Å². The fourth-order valence-corrected chi connectivity index (χ4v) is 2.91. The molecule has 3 rings (SSSR count). The van der Waals surface area contributed by atoms with Crippen molar-refractivity contribution in [3.63, 3.8) is 0 Å². The molecule has 7 heteroatoms. The monoisotopic (exact) mass is 422 g/mol. The lowest BCUT2D eigenvalue weighted by molar-refractivity contribution is 0.0636. The lowest BCUT2D eigenvalue weighted by atomic mass is 10.2. The van der Waals surface area contributed by atoms with E-state index < -0.39 is 11.7 Å². The van der Waals surface area contributed by atoms with Gasteiger partial charge in [0.2, 0.25) is 0 Å². The predicted octanol–water partition coefficient (Wildman–Crippen LogP) is 4.45. The number of aromatic nitrogens is 2. The SMILES string of the molecule is CC(C)(C)OC(=O)Nc1cccc(OCCNCc2cnn(Cc3ccccc3)c2)c1. The Morgan fingerprint density at radius 1 is 1.06 bits per heavy atom. The van der Waals surface area contributed by atoms with E-state index in [0.717, 1.165) is 18.7 Å². The van der Waals surface area contributed by atoms with Gasteiger partial charge in [-0.25, -0.2) is 4.79 Å². The average molecular weight is 423 g/mol. The molecule has 2 N–H and O–H groups in total. The van der Waals surface area contributed by atoms with Gasteiger partial charge < -0.3 is 14.8 Å². The van der Waals surface area contributed by atoms with Crippen LogP contribution in [0.15, 0.2) is 67.0 Å². The number of carbonyl (C=O) groups excluding carboxylic acids is 1. The summed E-state index contributed by atoms with van der Waals surface area (Å²) in [4.78, 5) is 11.9. The number of hydrogen-bond donors (Lipinski definition) is 2. The number of anilines is 1. The summed E-state index contributed by atoms with van der Waals surface area (Å²) < 4.78 is 13.0. The molecule has 2 aromatic carbocycles. The summed E-state index contributed by atoms with van der Waals surface area (Å²) in [7, 11) is 0. The van der Waals surface area contributed by atoms with Crippen molar-refractivity contribution < 1.29 is 14.3 Å². The molecule has 1 aromatic heterocycles. The van der Waals surface area contributed by atoms with Crippen molar-refractivity contribution in [1.29, 1.82) is 0 Å². The summed E-state index contributed by atoms with van der Waals surface area (Å²) in [5.41, 5.74) is 2.44. The first-order valence-electron chi connectivity index (χ1n) is 10.4. The maximum atomic E-state index is 11.9. The second-order valence-corrected chi connectivity index (χ2v) is 8.21. The summed E-state index contributed by atoms with van der Waals surface area (Å²) in [6, 6.07) is 17.5. The Balaban J connectivity index is 1.37. The largest absolute Gasteiger partial charge is 0.492 e. The standard InChI is InChI=1S/C24H30N4O3/c1-24(2,3)31-23(29)27-21-10-7-11-22(14-21)30-13-12-25-15-20-16-26-28(18-20)17-19-8-5-4-6-9-19/h4-11,14,16,18,25H,12-13,15,17H2,1-3H3,(H,27,29). The van der Waals surface area contributed by atoms with Crippen LogP contribution in [0, 0.1) is 0 Å². The van der Waals surface area contributed by atoms with Crippen LogP contribution >= 0.6 is 0 Å². The van der Waals surface area contributed by atoms with Crippen LogP contribution in [0.4, 0.5) is 10.5 Å². The predicted molar refractivity (Wildman–Crippen MR) is 121 cm³/mol. The number of hydrogen-bond acceptors (Lipinski definition) is 5. The number of nitrogens with zero attached hydrogens (tertiary/aromatic N) is 2. The zero-order chi connectivity index (χ0) is 22.1. The highest BCUT2D eigenvalue weighted by Crippen LogP contribution is 2.18. The molecule has 0 aliphatic rings. The number of amides is 1. The molecular weight excluding hydrogens is 392 g/mol. The average Bonchev–Trinajstić information content (AvgIpc) is 3.14. The minimum atomic E-state index is -0.540. The van der Waals surface area contributed by atoms with Crippen LogP contribution in [-0.2, 0) is 17.8 Å². The van der Waals surface area contributed by atoms with E-state index in [-0.39, 0.29) is 0 Å². The van der Waals surface area contributed by atoms with Crippen LogP contribution in [0.25, 0.3) is 0 Å². The van der Waals surface area contributed by atoms with Crippen molar-refractivity contribution in [2.24, 2.45) is 0 Å². The first-order chi connectivity index (χ1) is 14.9. The molecule has 0 radical (unpaired) electrons. The van der Waals surface area contributed by atoms with Crippen LogP contribution in [0.3, 0.4) is 0 Å². The molecule has 0 saturated heterocycles. The van der Waals surface area contributed by atoms with Crippen LogP contribution in [0.2, 0.25) is 0 Å². The summed E-state index contributed by atoms with van der Waals surface area (Å²) in [6.45, 7) is 8.16. The fraction of sp³-hybridized carbons (Fsp3) is 0.333. The van der Waals surface area contributed by atoms with Crippen LogP contribution in [0.1, 0.15) is 31.9 Å². The molecule has 0 aliphatic heterocycles. The normalized spacial score (nSPS) is 11.2. The Kier molecular flexibility index (Phi) is 7.67. The molecule has 0 saturated carbocycles. The second-order valence-electron chi connectivity index (χ2n) is 8.21. The topological polar surface area (TPSA) is 77.4 Å². The quantitative estimate of drug-likeness (QED) is 0.498. The summed E-state index contributed by atoms with van der Waals surface area (Å²) in [6.07, 6.45) is 3.44. The lowest BCUT2D eigenvalue weighted by Crippen LogP contribution is -2.27. The molecule has 3 aromatic rings. The Hall–Kier alpha value is -3.32. The number of benzene rings is 2. The zero-order valence-corrected chi connectivity index (χ0v) is 18.3. The van der Waals surface area contributed by atoms with E-state index in [1.54, 1.807) is 12.1 Å². The molecule has 0 aliphatic carbocycles. The van der Waals surface area contributed by atoms with E-state index in [1.165, 1.54) is 5.56 Å². The minimum Gasteiger partial charge on any atom is -0.492 e. The molecule has 0 fully saturated rings. The molecule has 0 spiro atoms. The fourth-order valence-electron chi connectivity index (χ4n) is 2.91. The summed E-state index contributed by atoms with van der Waals surface area (Å²) in [5, 5.41) is 10.5. The van der Waals surface area contributed by atoms with Crippen LogP contribution in [0.5, 0.6) is 5.75 Å². The third-order valence-corrected chi connectivity index (χ3v) is 4.23. The number of nitrogens with one attached hydrogen (secondary N) is 2.